The summed E-state index contributed by atoms with van der Waals surface area (Å²) >= 11 is 0. The van der Waals surface area contributed by atoms with Crippen molar-refractivity contribution in [2.75, 3.05) is 0 Å². The van der Waals surface area contributed by atoms with Gasteiger partial charge in [-0.25, -0.2) is 0 Å². The fraction of sp³-hybridized carbons (Fsp3) is 0.0769. The molecule has 0 aliphatic heterocycles. The van der Waals surface area contributed by atoms with E-state index in [1.807, 2.05) is 36.4 Å². The Morgan fingerprint density at radius 1 is 0.222 bits per heavy atom. The van der Waals surface area contributed by atoms with Gasteiger partial charge in [0.1, 0.15) is 16.8 Å². The Labute approximate surface area is 471 Å². The first-order chi connectivity index (χ1) is 39.8. The van der Waals surface area contributed by atoms with Crippen LogP contribution in [0, 0.1) is 0 Å². The van der Waals surface area contributed by atoms with Gasteiger partial charge in [0, 0.05) is 36.0 Å². The molecule has 0 heterocycles. The molecular weight excluding hydrogens is 985 g/mol. The highest BCUT2D eigenvalue weighted by molar-refractivity contribution is 6.05. The van der Waals surface area contributed by atoms with E-state index in [0.29, 0.717) is 0 Å². The largest absolute Gasteiger partial charge is 0.380 e. The van der Waals surface area contributed by atoms with Crippen LogP contribution >= 0.6 is 0 Å². The summed E-state index contributed by atoms with van der Waals surface area (Å²) in [5.41, 5.74) is 14.6. The molecule has 13 aromatic rings. The lowest BCUT2D eigenvalue weighted by Gasteiger charge is -2.34. The van der Waals surface area contributed by atoms with Crippen molar-refractivity contribution in [2.24, 2.45) is 0 Å². The van der Waals surface area contributed by atoms with Crippen LogP contribution in [0.15, 0.2) is 273 Å². The first kappa shape index (κ1) is 47.5. The summed E-state index contributed by atoms with van der Waals surface area (Å²) in [6.07, 6.45) is 0.778. The second-order valence-corrected chi connectivity index (χ2v) is 22.7. The molecule has 0 spiro atoms. The third-order valence-electron chi connectivity index (χ3n) is 18.2. The maximum absolute atomic E-state index is 14.4. The normalized spacial score (nSPS) is 18.1. The van der Waals surface area contributed by atoms with E-state index >= 15 is 0 Å². The molecule has 0 saturated carbocycles. The van der Waals surface area contributed by atoms with Crippen molar-refractivity contribution in [1.29, 1.82) is 0 Å². The monoisotopic (exact) mass is 1040 g/mol. The number of hydrogen-bond acceptors (Lipinski definition) is 3. The van der Waals surface area contributed by atoms with E-state index in [2.05, 4.69) is 237 Å². The van der Waals surface area contributed by atoms with E-state index in [9.17, 15) is 15.3 Å². The summed E-state index contributed by atoms with van der Waals surface area (Å²) in [5, 5.41) is 50.3. The number of rotatable bonds is 9. The van der Waals surface area contributed by atoms with Crippen LogP contribution in [0.4, 0.5) is 0 Å². The predicted octanol–water partition coefficient (Wildman–Crippen LogP) is 17.5. The molecular formula is C78H54O3. The van der Waals surface area contributed by atoms with Gasteiger partial charge in [0.15, 0.2) is 0 Å². The van der Waals surface area contributed by atoms with E-state index in [0.717, 1.165) is 117 Å². The van der Waals surface area contributed by atoms with Crippen LogP contribution in [0.1, 0.15) is 50.1 Å². The molecule has 0 amide bonds. The van der Waals surface area contributed by atoms with Gasteiger partial charge in [-0.15, -0.1) is 0 Å². The lowest BCUT2D eigenvalue weighted by molar-refractivity contribution is 0.0784. The van der Waals surface area contributed by atoms with Crippen LogP contribution in [0.2, 0.25) is 0 Å². The van der Waals surface area contributed by atoms with E-state index in [1.165, 1.54) is 32.3 Å². The van der Waals surface area contributed by atoms with Gasteiger partial charge in [0.05, 0.1) is 0 Å². The molecule has 0 saturated heterocycles. The average molecular weight is 1040 g/mol. The zero-order valence-corrected chi connectivity index (χ0v) is 44.4. The van der Waals surface area contributed by atoms with Crippen molar-refractivity contribution in [2.45, 2.75) is 36.1 Å². The minimum absolute atomic E-state index is 0.259. The first-order valence-electron chi connectivity index (χ1n) is 28.2. The minimum Gasteiger partial charge on any atom is -0.380 e. The van der Waals surface area contributed by atoms with Crippen LogP contribution in [0.5, 0.6) is 0 Å². The number of hydrogen-bond donors (Lipinski definition) is 3. The van der Waals surface area contributed by atoms with Crippen molar-refractivity contribution in [3.05, 3.63) is 323 Å². The average Bonchev–Trinajstić information content (AvgIpc) is 1.64. The highest BCUT2D eigenvalue weighted by Gasteiger charge is 2.57. The van der Waals surface area contributed by atoms with Gasteiger partial charge in [-0.05, 0) is 132 Å². The minimum atomic E-state index is -1.58. The Morgan fingerprint density at radius 2 is 0.457 bits per heavy atom. The predicted molar refractivity (Wildman–Crippen MR) is 331 cm³/mol. The Balaban J connectivity index is 0.906. The quantitative estimate of drug-likeness (QED) is 0.135. The molecule has 0 bridgehead atoms. The van der Waals surface area contributed by atoms with Crippen molar-refractivity contribution in [3.63, 3.8) is 0 Å². The lowest BCUT2D eigenvalue weighted by Crippen LogP contribution is -2.33. The fourth-order valence-corrected chi connectivity index (χ4v) is 14.7. The first-order valence-corrected chi connectivity index (χ1v) is 28.2. The Bertz CT molecular complexity index is 4190. The molecule has 3 nitrogen and oxygen atoms in total. The topological polar surface area (TPSA) is 60.7 Å². The van der Waals surface area contributed by atoms with Crippen LogP contribution in [0.3, 0.4) is 0 Å². The number of fused-ring (bicyclic) bond motifs is 15. The molecule has 13 aromatic carbocycles. The Morgan fingerprint density at radius 3 is 0.753 bits per heavy atom. The molecule has 3 atom stereocenters. The lowest BCUT2D eigenvalue weighted by atomic mass is 9.74. The second-order valence-electron chi connectivity index (χ2n) is 22.7. The molecule has 3 aliphatic carbocycles. The summed E-state index contributed by atoms with van der Waals surface area (Å²) in [5.74, 6) is 0. The van der Waals surface area contributed by atoms with Crippen LogP contribution in [-0.2, 0) is 36.1 Å². The van der Waals surface area contributed by atoms with Crippen LogP contribution in [-0.4, -0.2) is 15.3 Å². The van der Waals surface area contributed by atoms with Gasteiger partial charge < -0.3 is 15.3 Å². The van der Waals surface area contributed by atoms with E-state index in [1.54, 1.807) is 0 Å². The maximum atomic E-state index is 14.4. The third kappa shape index (κ3) is 7.13. The van der Waals surface area contributed by atoms with Gasteiger partial charge in [-0.2, -0.15) is 0 Å². The molecule has 16 rings (SSSR count). The van der Waals surface area contributed by atoms with Gasteiger partial charge in [-0.3, -0.25) is 0 Å². The zero-order valence-electron chi connectivity index (χ0n) is 44.4. The molecule has 3 unspecified atom stereocenters. The SMILES string of the molecule is OC1(Cc2ccc(-c3cccc4ccccc34)cc2)c2ccccc2-c2c1c1c(c3c2C(O)(Cc2ccc(-c4cccc5ccccc45)cc2)c2ccccc2-3)C(O)(Cc2ccc(-c3cccc4ccccc34)cc2)c2ccccc2-1. The summed E-state index contributed by atoms with van der Waals surface area (Å²) in [6, 6.07) is 95.5. The van der Waals surface area contributed by atoms with Gasteiger partial charge in [0.25, 0.3) is 0 Å². The standard InChI is InChI=1S/C78H54O3/c79-76(46-49-34-40-55(41-35-49)61-28-13-19-52-16-1-4-22-58(52)61)67-31-10-7-25-64(67)70-73(76)71-65-26-8-11-32-68(65)77(80,47-50-36-42-56(43-37-50)62-29-14-20-53-17-2-5-23-59(53)62)75(71)72-66-27-9-12-33-69(66)78(81,74(70)72)48-51-38-44-57(45-39-51)63-30-15-21-54-18-3-6-24-60(54)63/h1-45,79-81H,46-48H2. The molecule has 3 aliphatic rings. The fourth-order valence-electron chi connectivity index (χ4n) is 14.7. The molecule has 0 fully saturated rings. The van der Waals surface area contributed by atoms with Crippen molar-refractivity contribution < 1.29 is 15.3 Å². The van der Waals surface area contributed by atoms with Crippen LogP contribution in [0.25, 0.3) is 99.1 Å². The van der Waals surface area contributed by atoms with Crippen molar-refractivity contribution in [1.82, 2.24) is 0 Å². The Hall–Kier alpha value is -9.48. The molecule has 0 radical (unpaired) electrons. The van der Waals surface area contributed by atoms with E-state index in [-0.39, 0.29) is 19.3 Å². The Kier molecular flexibility index (Phi) is 10.6. The van der Waals surface area contributed by atoms with E-state index < -0.39 is 16.8 Å². The van der Waals surface area contributed by atoms with Gasteiger partial charge >= 0.3 is 0 Å². The molecule has 3 heteroatoms. The number of benzene rings is 13. The summed E-state index contributed by atoms with van der Waals surface area (Å²) in [4.78, 5) is 0. The highest BCUT2D eigenvalue weighted by Crippen LogP contribution is 2.67. The van der Waals surface area contributed by atoms with E-state index in [4.69, 9.17) is 0 Å². The molecule has 384 valence electrons. The summed E-state index contributed by atoms with van der Waals surface area (Å²) in [7, 11) is 0. The summed E-state index contributed by atoms with van der Waals surface area (Å²) < 4.78 is 0. The maximum Gasteiger partial charge on any atom is 0.120 e. The van der Waals surface area contributed by atoms with Crippen molar-refractivity contribution >= 4 is 32.3 Å². The molecule has 0 aromatic heterocycles. The van der Waals surface area contributed by atoms with Crippen LogP contribution < -0.4 is 0 Å². The third-order valence-corrected chi connectivity index (χ3v) is 18.2. The zero-order chi connectivity index (χ0) is 54.0. The molecule has 81 heavy (non-hydrogen) atoms. The summed E-state index contributed by atoms with van der Waals surface area (Å²) in [6.45, 7) is 0. The highest BCUT2D eigenvalue weighted by atomic mass is 16.3. The number of aliphatic hydroxyl groups is 3. The van der Waals surface area contributed by atoms with Crippen molar-refractivity contribution in [3.8, 4) is 66.8 Å². The van der Waals surface area contributed by atoms with Gasteiger partial charge in [-0.1, -0.05) is 273 Å². The van der Waals surface area contributed by atoms with Gasteiger partial charge in [0.2, 0.25) is 0 Å². The molecule has 3 N–H and O–H groups in total. The smallest absolute Gasteiger partial charge is 0.120 e. The second kappa shape index (κ2) is 18.0.